The number of nitrogens with zero attached hydrogens (tertiary/aromatic N) is 6. The molecule has 0 aromatic heterocycles. The number of likely N-dealkylation sites (N-methyl/N-ethyl adjacent to an activating group) is 6. The van der Waals surface area contributed by atoms with Crippen LogP contribution in [0, 0.1) is 41.4 Å². The first-order valence-electron chi connectivity index (χ1n) is 47.7. The van der Waals surface area contributed by atoms with Gasteiger partial charge in [0.15, 0.2) is 0 Å². The van der Waals surface area contributed by atoms with E-state index < -0.39 is 343 Å². The Morgan fingerprint density at radius 3 is 1.45 bits per heavy atom. The zero-order valence-electron chi connectivity index (χ0n) is 86.5. The Kier molecular flexibility index (Phi) is 48.7. The van der Waals surface area contributed by atoms with E-state index in [-0.39, 0.29) is 38.5 Å². The van der Waals surface area contributed by atoms with Crippen molar-refractivity contribution < 1.29 is 129 Å². The Labute approximate surface area is 837 Å². The number of carbonyl (C=O) groups excluding carboxylic acids is 25. The molecule has 2 saturated heterocycles. The molecule has 144 heavy (non-hydrogen) atoms. The first kappa shape index (κ1) is 124. The van der Waals surface area contributed by atoms with Gasteiger partial charge in [0.25, 0.3) is 0 Å². The van der Waals surface area contributed by atoms with Crippen LogP contribution in [0.15, 0.2) is 30.3 Å². The summed E-state index contributed by atoms with van der Waals surface area (Å²) >= 11 is 0. The van der Waals surface area contributed by atoms with Gasteiger partial charge in [-0.15, -0.1) is 0 Å². The van der Waals surface area contributed by atoms with E-state index >= 15 is 33.6 Å². The SMILES string of the molecule is CC[C@@H](C)[C@@H](C(=O)N(C)[C@@H](CC(N)=O)C(=O)N(C)[C@@H](C(=O)N(C)[C@H](C(=O)N(C)[C@@H](CC(C)C)C(=O)N[C@@H](CC(N)=O)C(=O)N[C@@H]1C(=O)N[C@@H](CC(N)=O)C(=O)N(C)CC(=O)N[C@@H](CC(N)=O)C(=O)N[C@@H](C)C(=O)N[C@H]([C@H](C)CC)C(=O)N[C@H]2CC(=O)N[C@@]2(C)[C@H](C)C(=O)N[C@@H](CC(=O)NC(N)=O)C(=O)N[C@H](C)C(=O)NC([C@@H](C)CC)C(=O)O[C@@H]1C)C(C)C)[C@H](C)CC)N(C)C(=O)[C@@H](Cc1ccccc1)NC(=O)OC. The number of nitrogens with one attached hydrogen (secondary N) is 13. The number of fused-ring (bicyclic) bond motifs is 1. The van der Waals surface area contributed by atoms with Gasteiger partial charge in [0.1, 0.15) is 96.7 Å². The number of cyclic esters (lactones) is 1. The van der Waals surface area contributed by atoms with Crippen LogP contribution in [0.3, 0.4) is 0 Å². The minimum Gasteiger partial charge on any atom is -0.458 e. The average Bonchev–Trinajstić information content (AvgIpc) is 1.38. The number of esters is 1. The molecule has 25 amide bonds. The zero-order chi connectivity index (χ0) is 110. The van der Waals surface area contributed by atoms with Gasteiger partial charge < -0.3 is 131 Å². The van der Waals surface area contributed by atoms with Crippen molar-refractivity contribution in [1.29, 1.82) is 0 Å². The molecule has 1 unspecified atom stereocenters. The van der Waals surface area contributed by atoms with Crippen molar-refractivity contribution >= 4 is 148 Å². The Bertz CT molecular complexity index is 4850. The summed E-state index contributed by atoms with van der Waals surface area (Å²) in [7, 11) is 8.31. The third-order valence-electron chi connectivity index (χ3n) is 26.1. The molecule has 51 heteroatoms. The number of primary amides is 5. The molecule has 1 aromatic carbocycles. The van der Waals surface area contributed by atoms with Crippen LogP contribution < -0.4 is 97.8 Å². The number of ether oxygens (including phenoxy) is 2. The minimum atomic E-state index is -2.40. The molecule has 23 N–H and O–H groups in total. The monoisotopic (exact) mass is 2040 g/mol. The van der Waals surface area contributed by atoms with Crippen LogP contribution in [0.5, 0.6) is 0 Å². The number of imide groups is 1. The molecule has 2 aliphatic rings. The van der Waals surface area contributed by atoms with Crippen LogP contribution in [-0.2, 0) is 126 Å². The number of nitrogens with two attached hydrogens (primary N) is 5. The largest absolute Gasteiger partial charge is 0.458 e. The number of urea groups is 1. The Hall–Kier alpha value is -14.2. The second kappa shape index (κ2) is 56.6. The van der Waals surface area contributed by atoms with Gasteiger partial charge in [-0.25, -0.2) is 14.4 Å². The van der Waals surface area contributed by atoms with E-state index in [1.54, 1.807) is 112 Å². The molecule has 2 heterocycles. The Balaban J connectivity index is 2.32. The Morgan fingerprint density at radius 2 is 0.965 bits per heavy atom. The molecule has 0 saturated carbocycles. The predicted molar refractivity (Wildman–Crippen MR) is 516 cm³/mol. The topological polar surface area (TPSA) is 751 Å². The number of hydrogen-bond donors (Lipinski definition) is 18. The van der Waals surface area contributed by atoms with E-state index in [0.717, 1.165) is 59.4 Å². The van der Waals surface area contributed by atoms with Crippen LogP contribution in [0.1, 0.15) is 194 Å². The van der Waals surface area contributed by atoms with Crippen LogP contribution in [0.2, 0.25) is 0 Å². The molecule has 51 nitrogen and oxygen atoms in total. The lowest BCUT2D eigenvalue weighted by Gasteiger charge is -2.42. The van der Waals surface area contributed by atoms with Gasteiger partial charge in [-0.1, -0.05) is 146 Å². The molecule has 3 rings (SSSR count). The van der Waals surface area contributed by atoms with E-state index in [0.29, 0.717) is 10.5 Å². The lowest BCUT2D eigenvalue weighted by molar-refractivity contribution is -0.158. The minimum absolute atomic E-state index is 0.0194. The van der Waals surface area contributed by atoms with Crippen LogP contribution in [0.4, 0.5) is 9.59 Å². The van der Waals surface area contributed by atoms with Crippen molar-refractivity contribution in [2.75, 3.05) is 55.9 Å². The fourth-order valence-corrected chi connectivity index (χ4v) is 16.5. The smallest absolute Gasteiger partial charge is 0.407 e. The van der Waals surface area contributed by atoms with Crippen LogP contribution in [-0.4, -0.2) is 342 Å². The van der Waals surface area contributed by atoms with Crippen LogP contribution in [0.25, 0.3) is 0 Å². The number of alkyl carbamates (subject to hydrolysis) is 1. The summed E-state index contributed by atoms with van der Waals surface area (Å²) in [5, 5.41) is 30.8. The van der Waals surface area contributed by atoms with Gasteiger partial charge in [0.05, 0.1) is 63.3 Å². The molecule has 2 aliphatic heterocycles. The highest BCUT2D eigenvalue weighted by atomic mass is 16.5. The molecule has 1 aromatic rings. The predicted octanol–water partition coefficient (Wildman–Crippen LogP) is -5.73. The first-order valence-corrected chi connectivity index (χ1v) is 47.7. The molecular formula is C93H150N24O27. The molecule has 0 bridgehead atoms. The van der Waals surface area contributed by atoms with Crippen molar-refractivity contribution in [3.05, 3.63) is 35.9 Å². The summed E-state index contributed by atoms with van der Waals surface area (Å²) in [6, 6.07) is -20.5. The first-order chi connectivity index (χ1) is 66.9. The standard InChI is InChI=1S/C93H150N24O27/c1-25-45(9)69-82(132)106-61-41-67(123)111-93(61,17)49(13)75(125)102-56(39-66(122)107-91(98)141)79(129)100-51(15)77(127)109-70(46(10)26-2)90(140)144-52(16)71(83(133)104-58(38-64(96)120)84(134)112(18)42-68(124)101-54(36-62(94)118)78(128)99-50(14)76(126)108-69)110-80(130)55(37-63(95)119)103-81(131)59(34-43(5)6)113(19)87(137)72(44(7)8)115(21)89(139)74(48(12)28-4)117(23)86(136)60(40-65(97)121)114(20)88(138)73(47(11)27-3)116(22)85(135)57(105-92(142)143-24)35-53-32-30-29-31-33-53/h29-33,43-52,54-61,69-74H,25-28,34-42H2,1-24H3,(H2,94,118)(H2,95,119)(H2,96,120)(H2,97,121)(H,99,128)(H,100,129)(H,101,124)(H,102,125)(H,103,131)(H,104,133)(H,105,142)(H,106,132)(H,108,126)(H,109,127)(H,110,130)(H,111,123)(H3,98,107,122,141)/t45-,46+,47-,48-,49-,50+,51-,52-,54+,55+,56+,57-,58+,59+,60+,61+,69-,70?,71+,72+,73+,74-,93+/m1/s1. The third-order valence-corrected chi connectivity index (χ3v) is 26.1. The quantitative estimate of drug-likeness (QED) is 0.0274. The van der Waals surface area contributed by atoms with Gasteiger partial charge >= 0.3 is 18.1 Å². The molecule has 23 atom stereocenters. The molecule has 0 radical (unpaired) electrons. The van der Waals surface area contributed by atoms with Crippen molar-refractivity contribution in [2.45, 2.75) is 303 Å². The number of rotatable bonds is 38. The van der Waals surface area contributed by atoms with Gasteiger partial charge in [-0.05, 0) is 75.2 Å². The number of benzene rings is 1. The maximum absolute atomic E-state index is 15.6. The fraction of sp³-hybridized carbons (Fsp3) is 0.667. The second-order valence-corrected chi connectivity index (χ2v) is 38.1. The van der Waals surface area contributed by atoms with Crippen molar-refractivity contribution in [1.82, 2.24) is 98.5 Å². The summed E-state index contributed by atoms with van der Waals surface area (Å²) in [6.07, 6.45) is -8.21. The van der Waals surface area contributed by atoms with Crippen molar-refractivity contribution in [3.8, 4) is 0 Å². The maximum atomic E-state index is 15.6. The number of hydrogen-bond acceptors (Lipinski definition) is 27. The summed E-state index contributed by atoms with van der Waals surface area (Å²) in [5.41, 5.74) is 26.9. The molecular weight excluding hydrogens is 1890 g/mol. The fourth-order valence-electron chi connectivity index (χ4n) is 16.5. The highest BCUT2D eigenvalue weighted by molar-refractivity contribution is 6.04. The summed E-state index contributed by atoms with van der Waals surface area (Å²) < 4.78 is 10.7. The summed E-state index contributed by atoms with van der Waals surface area (Å²) in [6.45, 7) is 24.1. The maximum Gasteiger partial charge on any atom is 0.407 e. The normalized spacial score (nSPS) is 23.4. The third kappa shape index (κ3) is 35.4. The summed E-state index contributed by atoms with van der Waals surface area (Å²) in [4.78, 5) is 361. The number of amides is 25. The Morgan fingerprint density at radius 1 is 0.493 bits per heavy atom. The van der Waals surface area contributed by atoms with Crippen LogP contribution >= 0.6 is 0 Å². The highest BCUT2D eigenvalue weighted by Gasteiger charge is 2.53. The van der Waals surface area contributed by atoms with E-state index in [1.165, 1.54) is 56.0 Å². The lowest BCUT2D eigenvalue weighted by Crippen LogP contribution is -2.64. The molecule has 2 fully saturated rings. The van der Waals surface area contributed by atoms with Crippen molar-refractivity contribution in [3.63, 3.8) is 0 Å². The number of carbonyl (C=O) groups is 25. The lowest BCUT2D eigenvalue weighted by atomic mass is 9.80. The second-order valence-electron chi connectivity index (χ2n) is 38.1. The van der Waals surface area contributed by atoms with E-state index in [2.05, 4.69) is 63.8 Å². The molecule has 804 valence electrons. The molecule has 0 aliphatic carbocycles. The van der Waals surface area contributed by atoms with E-state index in [9.17, 15) is 86.3 Å². The molecule has 0 spiro atoms. The van der Waals surface area contributed by atoms with E-state index in [4.69, 9.17) is 38.1 Å². The van der Waals surface area contributed by atoms with Gasteiger partial charge in [0.2, 0.25) is 130 Å². The zero-order valence-corrected chi connectivity index (χ0v) is 86.5. The van der Waals surface area contributed by atoms with Gasteiger partial charge in [-0.2, -0.15) is 0 Å². The van der Waals surface area contributed by atoms with Crippen molar-refractivity contribution in [2.24, 2.45) is 70.1 Å². The average molecular weight is 2040 g/mol. The summed E-state index contributed by atoms with van der Waals surface area (Å²) in [5.74, 6) is -32.1. The van der Waals surface area contributed by atoms with E-state index in [1.807, 2.05) is 0 Å². The van der Waals surface area contributed by atoms with Gasteiger partial charge in [-0.3, -0.25) is 111 Å². The highest BCUT2D eigenvalue weighted by Crippen LogP contribution is 2.32. The number of methoxy groups -OCH3 is 1. The van der Waals surface area contributed by atoms with Gasteiger partial charge in [0, 0.05) is 55.1 Å².